The van der Waals surface area contributed by atoms with E-state index in [4.69, 9.17) is 4.74 Å². The number of ether oxygens (including phenoxy) is 1. The minimum atomic E-state index is -0.501. The Kier molecular flexibility index (Phi) is 4.66. The Bertz CT molecular complexity index is 666. The molecule has 0 heterocycles. The molecule has 1 N–H and O–H groups in total. The molecule has 3 nitrogen and oxygen atoms in total. The molecule has 2 aromatic rings. The lowest BCUT2D eigenvalue weighted by molar-refractivity contribution is -0.111. The van der Waals surface area contributed by atoms with Crippen molar-refractivity contribution in [2.24, 2.45) is 0 Å². The van der Waals surface area contributed by atoms with Gasteiger partial charge in [0.2, 0.25) is 5.91 Å². The van der Waals surface area contributed by atoms with Crippen molar-refractivity contribution in [3.63, 3.8) is 0 Å². The van der Waals surface area contributed by atoms with Crippen molar-refractivity contribution in [3.05, 3.63) is 65.7 Å². The van der Waals surface area contributed by atoms with Crippen LogP contribution >= 0.6 is 0 Å². The molecule has 0 aliphatic rings. The molecule has 0 radical (unpaired) electrons. The van der Waals surface area contributed by atoms with E-state index in [0.29, 0.717) is 11.3 Å². The average Bonchev–Trinajstić information content (AvgIpc) is 2.48. The summed E-state index contributed by atoms with van der Waals surface area (Å²) in [6, 6.07) is 9.77. The SMILES string of the molecule is COc1ccc(/C=C/C(=O)Nc2ccc(F)cc2)cc1F. The van der Waals surface area contributed by atoms with E-state index in [-0.39, 0.29) is 11.6 Å². The summed E-state index contributed by atoms with van der Waals surface area (Å²) in [5.41, 5.74) is 1.01. The first kappa shape index (κ1) is 14.7. The van der Waals surface area contributed by atoms with Gasteiger partial charge in [0.15, 0.2) is 11.6 Å². The number of rotatable bonds is 4. The van der Waals surface area contributed by atoms with Gasteiger partial charge in [-0.2, -0.15) is 0 Å². The van der Waals surface area contributed by atoms with Crippen LogP contribution in [-0.4, -0.2) is 13.0 Å². The van der Waals surface area contributed by atoms with Crippen molar-refractivity contribution in [1.29, 1.82) is 0 Å². The molecule has 0 saturated heterocycles. The number of methoxy groups -OCH3 is 1. The Balaban J connectivity index is 2.01. The van der Waals surface area contributed by atoms with E-state index in [0.717, 1.165) is 0 Å². The molecular weight excluding hydrogens is 276 g/mol. The monoisotopic (exact) mass is 289 g/mol. The molecule has 0 bridgehead atoms. The van der Waals surface area contributed by atoms with Crippen LogP contribution in [-0.2, 0) is 4.79 Å². The molecular formula is C16H13F2NO2. The number of anilines is 1. The van der Waals surface area contributed by atoms with Crippen LogP contribution in [0.3, 0.4) is 0 Å². The molecule has 0 aromatic heterocycles. The zero-order valence-corrected chi connectivity index (χ0v) is 11.3. The lowest BCUT2D eigenvalue weighted by Crippen LogP contribution is -2.07. The molecule has 0 fully saturated rings. The van der Waals surface area contributed by atoms with Gasteiger partial charge in [-0.15, -0.1) is 0 Å². The van der Waals surface area contributed by atoms with E-state index in [1.807, 2.05) is 0 Å². The highest BCUT2D eigenvalue weighted by atomic mass is 19.1. The maximum absolute atomic E-state index is 13.5. The van der Waals surface area contributed by atoms with Gasteiger partial charge in [0.05, 0.1) is 7.11 Å². The summed E-state index contributed by atoms with van der Waals surface area (Å²) in [7, 11) is 1.38. The van der Waals surface area contributed by atoms with Gasteiger partial charge in [0, 0.05) is 11.8 Å². The largest absolute Gasteiger partial charge is 0.494 e. The van der Waals surface area contributed by atoms with Gasteiger partial charge >= 0.3 is 0 Å². The fourth-order valence-electron chi connectivity index (χ4n) is 1.68. The molecule has 0 atom stereocenters. The van der Waals surface area contributed by atoms with Gasteiger partial charge in [-0.1, -0.05) is 6.07 Å². The number of benzene rings is 2. The first-order chi connectivity index (χ1) is 10.1. The van der Waals surface area contributed by atoms with Crippen molar-refractivity contribution in [1.82, 2.24) is 0 Å². The van der Waals surface area contributed by atoms with Gasteiger partial charge in [-0.25, -0.2) is 8.78 Å². The Morgan fingerprint density at radius 2 is 1.86 bits per heavy atom. The fourth-order valence-corrected chi connectivity index (χ4v) is 1.68. The number of carbonyl (C=O) groups is 1. The molecule has 2 aromatic carbocycles. The predicted octanol–water partition coefficient (Wildman–Crippen LogP) is 3.63. The number of hydrogen-bond acceptors (Lipinski definition) is 2. The molecule has 0 saturated carbocycles. The molecule has 21 heavy (non-hydrogen) atoms. The van der Waals surface area contributed by atoms with E-state index in [1.54, 1.807) is 6.07 Å². The van der Waals surface area contributed by atoms with Crippen molar-refractivity contribution >= 4 is 17.7 Å². The maximum atomic E-state index is 13.5. The molecule has 0 aliphatic carbocycles. The van der Waals surface area contributed by atoms with Crippen LogP contribution < -0.4 is 10.1 Å². The number of halogens is 2. The predicted molar refractivity (Wildman–Crippen MR) is 77.0 cm³/mol. The van der Waals surface area contributed by atoms with E-state index in [1.165, 1.54) is 55.7 Å². The second-order valence-electron chi connectivity index (χ2n) is 4.22. The topological polar surface area (TPSA) is 38.3 Å². The average molecular weight is 289 g/mol. The minimum absolute atomic E-state index is 0.142. The molecule has 108 valence electrons. The van der Waals surface area contributed by atoms with E-state index in [2.05, 4.69) is 5.32 Å². The van der Waals surface area contributed by atoms with Gasteiger partial charge in [0.25, 0.3) is 0 Å². The first-order valence-electron chi connectivity index (χ1n) is 6.16. The molecule has 1 amide bonds. The maximum Gasteiger partial charge on any atom is 0.248 e. The van der Waals surface area contributed by atoms with E-state index < -0.39 is 11.7 Å². The van der Waals surface area contributed by atoms with Crippen molar-refractivity contribution in [2.75, 3.05) is 12.4 Å². The van der Waals surface area contributed by atoms with Gasteiger partial charge in [0.1, 0.15) is 5.82 Å². The summed E-state index contributed by atoms with van der Waals surface area (Å²) in [4.78, 5) is 11.7. The zero-order valence-electron chi connectivity index (χ0n) is 11.3. The van der Waals surface area contributed by atoms with Crippen molar-refractivity contribution in [3.8, 4) is 5.75 Å². The van der Waals surface area contributed by atoms with Crippen LogP contribution in [0.2, 0.25) is 0 Å². The second kappa shape index (κ2) is 6.65. The highest BCUT2D eigenvalue weighted by Crippen LogP contribution is 2.18. The third-order valence-electron chi connectivity index (χ3n) is 2.71. The van der Waals surface area contributed by atoms with Crippen LogP contribution in [0, 0.1) is 11.6 Å². The number of amides is 1. The number of nitrogens with one attached hydrogen (secondary N) is 1. The highest BCUT2D eigenvalue weighted by molar-refractivity contribution is 6.01. The highest BCUT2D eigenvalue weighted by Gasteiger charge is 2.02. The van der Waals surface area contributed by atoms with Crippen LogP contribution in [0.15, 0.2) is 48.5 Å². The smallest absolute Gasteiger partial charge is 0.248 e. The summed E-state index contributed by atoms with van der Waals surface area (Å²) in [5, 5.41) is 2.57. The lowest BCUT2D eigenvalue weighted by Gasteiger charge is -2.03. The first-order valence-corrected chi connectivity index (χ1v) is 6.16. The minimum Gasteiger partial charge on any atom is -0.494 e. The Labute approximate surface area is 120 Å². The van der Waals surface area contributed by atoms with Gasteiger partial charge in [-0.05, 0) is 48.0 Å². The Morgan fingerprint density at radius 1 is 1.14 bits per heavy atom. The summed E-state index contributed by atoms with van der Waals surface area (Å²) in [6.07, 6.45) is 2.74. The van der Waals surface area contributed by atoms with Crippen LogP contribution in [0.4, 0.5) is 14.5 Å². The fraction of sp³-hybridized carbons (Fsp3) is 0.0625. The number of carbonyl (C=O) groups excluding carboxylic acids is 1. The molecule has 0 spiro atoms. The van der Waals surface area contributed by atoms with Gasteiger partial charge in [-0.3, -0.25) is 4.79 Å². The van der Waals surface area contributed by atoms with E-state index in [9.17, 15) is 13.6 Å². The molecule has 0 aliphatic heterocycles. The van der Waals surface area contributed by atoms with Crippen LogP contribution in [0.25, 0.3) is 6.08 Å². The van der Waals surface area contributed by atoms with Crippen LogP contribution in [0.5, 0.6) is 5.75 Å². The van der Waals surface area contributed by atoms with Crippen molar-refractivity contribution in [2.45, 2.75) is 0 Å². The second-order valence-corrected chi connectivity index (χ2v) is 4.22. The Morgan fingerprint density at radius 3 is 2.48 bits per heavy atom. The number of hydrogen-bond donors (Lipinski definition) is 1. The zero-order chi connectivity index (χ0) is 15.2. The quantitative estimate of drug-likeness (QED) is 0.873. The summed E-state index contributed by atoms with van der Waals surface area (Å²) >= 11 is 0. The van der Waals surface area contributed by atoms with Crippen LogP contribution in [0.1, 0.15) is 5.56 Å². The third kappa shape index (κ3) is 4.14. The standard InChI is InChI=1S/C16H13F2NO2/c1-21-15-8-2-11(10-14(15)18)3-9-16(20)19-13-6-4-12(17)5-7-13/h2-10H,1H3,(H,19,20)/b9-3+. The summed E-state index contributed by atoms with van der Waals surface area (Å²) < 4.78 is 31.0. The summed E-state index contributed by atoms with van der Waals surface area (Å²) in [5.74, 6) is -1.13. The van der Waals surface area contributed by atoms with Gasteiger partial charge < -0.3 is 10.1 Å². The third-order valence-corrected chi connectivity index (χ3v) is 2.71. The Hall–Kier alpha value is -2.69. The summed E-state index contributed by atoms with van der Waals surface area (Å²) in [6.45, 7) is 0. The normalized spacial score (nSPS) is 10.6. The lowest BCUT2D eigenvalue weighted by atomic mass is 10.2. The molecule has 0 unspecified atom stereocenters. The van der Waals surface area contributed by atoms with E-state index >= 15 is 0 Å². The van der Waals surface area contributed by atoms with Crippen molar-refractivity contribution < 1.29 is 18.3 Å². The molecule has 5 heteroatoms. The molecule has 2 rings (SSSR count).